The van der Waals surface area contributed by atoms with Crippen LogP contribution in [-0.4, -0.2) is 179 Å². The third-order valence-corrected chi connectivity index (χ3v) is 14.3. The predicted octanol–water partition coefficient (Wildman–Crippen LogP) is 3.46. The third-order valence-electron chi connectivity index (χ3n) is 13.5. The standard InChI is InChI=1S/C55H95N11O10S/c1-16-17-18-19-20-21-24-39(60-47(71)40-25-22-30-64(40)49(73)42-26-23-32-77-42)46(70)58-35-45(69)66(38(6)7)55(12,13)52(76)59-34-44(68)65(37(4)5)41(33-36(2)3)48(72)61-54(10,11)51(75)62-53(8,9)50(74)57-28-27-43(67)56-29-31-63(14)15/h23,26,32,36-41H,16-22,24-25,27-31,33-35H2,1-15H3,(H,56,67)(H,57,74)(H,58,70)(H,59,76)(H,60,71)(H,61,72)(H,62,75). The van der Waals surface area contributed by atoms with Gasteiger partial charge in [0, 0.05) is 44.7 Å². The minimum Gasteiger partial charge on any atom is -0.355 e. The molecule has 2 heterocycles. The number of amides is 10. The average Bonchev–Trinajstić information content (AvgIpc) is 4.06. The SMILES string of the molecule is CCCCCCCCC(NC(=O)C1CCCN1C(=O)c1cccs1)C(=O)NCC(=O)N(C(C)C)C(C)(C)C(=O)NCC(=O)N(C(C)C)C(CC(C)C)C(=O)NC(C)(C)C(=O)NC(C)(C)C(=O)NCCC(=O)NCCN(C)C. The fourth-order valence-electron chi connectivity index (χ4n) is 9.26. The molecule has 1 aromatic heterocycles. The zero-order chi connectivity index (χ0) is 58.4. The topological polar surface area (TPSA) is 268 Å². The molecule has 0 saturated carbocycles. The molecule has 7 N–H and O–H groups in total. The summed E-state index contributed by atoms with van der Waals surface area (Å²) in [5.74, 6) is -5.27. The highest BCUT2D eigenvalue weighted by Crippen LogP contribution is 2.24. The first-order valence-electron chi connectivity index (χ1n) is 27.6. The van der Waals surface area contributed by atoms with Crippen molar-refractivity contribution in [1.82, 2.24) is 56.8 Å². The van der Waals surface area contributed by atoms with Gasteiger partial charge >= 0.3 is 0 Å². The van der Waals surface area contributed by atoms with Gasteiger partial charge in [0.2, 0.25) is 53.2 Å². The smallest absolute Gasteiger partial charge is 0.264 e. The zero-order valence-corrected chi connectivity index (χ0v) is 49.8. The van der Waals surface area contributed by atoms with E-state index >= 15 is 0 Å². The molecule has 3 unspecified atom stereocenters. The molecule has 0 aromatic carbocycles. The Balaban J connectivity index is 2.18. The molecule has 0 aliphatic carbocycles. The summed E-state index contributed by atoms with van der Waals surface area (Å²) < 4.78 is 0. The van der Waals surface area contributed by atoms with E-state index in [1.807, 2.05) is 32.8 Å². The zero-order valence-electron chi connectivity index (χ0n) is 49.0. The van der Waals surface area contributed by atoms with Gasteiger partial charge in [0.1, 0.15) is 34.7 Å². The van der Waals surface area contributed by atoms with E-state index in [2.05, 4.69) is 44.1 Å². The van der Waals surface area contributed by atoms with Crippen molar-refractivity contribution in [3.8, 4) is 0 Å². The number of likely N-dealkylation sites (N-methyl/N-ethyl adjacent to an activating group) is 1. The van der Waals surface area contributed by atoms with Gasteiger partial charge in [-0.1, -0.05) is 65.4 Å². The van der Waals surface area contributed by atoms with Crippen molar-refractivity contribution in [2.75, 3.05) is 53.4 Å². The Labute approximate surface area is 462 Å². The highest BCUT2D eigenvalue weighted by Gasteiger charge is 2.43. The Morgan fingerprint density at radius 2 is 1.34 bits per heavy atom. The summed E-state index contributed by atoms with van der Waals surface area (Å²) in [6.45, 7) is 22.3. The Hall–Kier alpha value is -5.64. The molecule has 1 saturated heterocycles. The van der Waals surface area contributed by atoms with Gasteiger partial charge in [-0.2, -0.15) is 0 Å². The van der Waals surface area contributed by atoms with E-state index in [-0.39, 0.29) is 37.1 Å². The first kappa shape index (κ1) is 67.5. The summed E-state index contributed by atoms with van der Waals surface area (Å²) in [6, 6.07) is -0.415. The van der Waals surface area contributed by atoms with Gasteiger partial charge in [0.15, 0.2) is 0 Å². The number of likely N-dealkylation sites (tertiary alicyclic amines) is 1. The number of carbonyl (C=O) groups is 10. The van der Waals surface area contributed by atoms with Crippen molar-refractivity contribution in [1.29, 1.82) is 0 Å². The average molecular weight is 1100 g/mol. The second-order valence-electron chi connectivity index (χ2n) is 23.0. The van der Waals surface area contributed by atoms with E-state index in [4.69, 9.17) is 0 Å². The molecular weight excluding hydrogens is 1010 g/mol. The van der Waals surface area contributed by atoms with Gasteiger partial charge < -0.3 is 56.8 Å². The van der Waals surface area contributed by atoms with Crippen LogP contribution in [0.3, 0.4) is 0 Å². The number of nitrogens with one attached hydrogen (secondary N) is 7. The van der Waals surface area contributed by atoms with Crippen LogP contribution in [0.5, 0.6) is 0 Å². The summed E-state index contributed by atoms with van der Waals surface area (Å²) in [5.41, 5.74) is -4.56. The summed E-state index contributed by atoms with van der Waals surface area (Å²) >= 11 is 1.30. The predicted molar refractivity (Wildman–Crippen MR) is 299 cm³/mol. The molecule has 1 aliphatic rings. The highest BCUT2D eigenvalue weighted by molar-refractivity contribution is 7.12. The lowest BCUT2D eigenvalue weighted by atomic mass is 9.96. The Kier molecular flexibility index (Phi) is 27.8. The largest absolute Gasteiger partial charge is 0.355 e. The van der Waals surface area contributed by atoms with Crippen LogP contribution in [0, 0.1) is 5.92 Å². The molecule has 2 rings (SSSR count). The second-order valence-corrected chi connectivity index (χ2v) is 23.9. The van der Waals surface area contributed by atoms with E-state index in [9.17, 15) is 47.9 Å². The van der Waals surface area contributed by atoms with Crippen LogP contribution in [0.1, 0.15) is 170 Å². The molecule has 0 spiro atoms. The fourth-order valence-corrected chi connectivity index (χ4v) is 9.94. The molecule has 1 aromatic rings. The van der Waals surface area contributed by atoms with E-state index in [0.29, 0.717) is 50.2 Å². The molecular formula is C55H95N11O10S. The van der Waals surface area contributed by atoms with Crippen LogP contribution in [-0.2, 0) is 43.2 Å². The lowest BCUT2D eigenvalue weighted by molar-refractivity contribution is -0.150. The summed E-state index contributed by atoms with van der Waals surface area (Å²) in [6.07, 6.45) is 7.35. The lowest BCUT2D eigenvalue weighted by Crippen LogP contribution is -2.65. The van der Waals surface area contributed by atoms with Crippen molar-refractivity contribution in [3.05, 3.63) is 22.4 Å². The number of thiophene rings is 1. The van der Waals surface area contributed by atoms with Gasteiger partial charge in [-0.15, -0.1) is 11.3 Å². The van der Waals surface area contributed by atoms with E-state index in [1.54, 1.807) is 50.1 Å². The minimum atomic E-state index is -1.57. The number of hydrogen-bond donors (Lipinski definition) is 7. The second kappa shape index (κ2) is 31.7. The van der Waals surface area contributed by atoms with Crippen LogP contribution in [0.2, 0.25) is 0 Å². The van der Waals surface area contributed by atoms with Gasteiger partial charge in [0.25, 0.3) is 5.91 Å². The molecule has 10 amide bonds. The Bertz CT molecular complexity index is 2140. The normalized spacial score (nSPS) is 14.7. The molecule has 1 fully saturated rings. The monoisotopic (exact) mass is 1100 g/mol. The number of unbranched alkanes of at least 4 members (excludes halogenated alkanes) is 5. The van der Waals surface area contributed by atoms with Crippen LogP contribution in [0.25, 0.3) is 0 Å². The van der Waals surface area contributed by atoms with E-state index < -0.39 is 107 Å². The van der Waals surface area contributed by atoms with Crippen molar-refractivity contribution < 1.29 is 47.9 Å². The van der Waals surface area contributed by atoms with Gasteiger partial charge in [0.05, 0.1) is 18.0 Å². The number of nitrogens with zero attached hydrogens (tertiary/aromatic N) is 4. The van der Waals surface area contributed by atoms with E-state index in [1.165, 1.54) is 62.7 Å². The van der Waals surface area contributed by atoms with Crippen LogP contribution >= 0.6 is 11.3 Å². The molecule has 436 valence electrons. The quantitative estimate of drug-likeness (QED) is 0.0501. The van der Waals surface area contributed by atoms with Gasteiger partial charge in [-0.05, 0) is 126 Å². The fraction of sp³-hybridized carbons (Fsp3) is 0.745. The third kappa shape index (κ3) is 21.6. The highest BCUT2D eigenvalue weighted by atomic mass is 32.1. The number of carbonyl (C=O) groups excluding carboxylic acids is 10. The van der Waals surface area contributed by atoms with Crippen molar-refractivity contribution in [3.63, 3.8) is 0 Å². The molecule has 0 bridgehead atoms. The maximum Gasteiger partial charge on any atom is 0.264 e. The molecule has 0 radical (unpaired) electrons. The molecule has 77 heavy (non-hydrogen) atoms. The molecule has 22 heteroatoms. The van der Waals surface area contributed by atoms with Crippen LogP contribution in [0.15, 0.2) is 17.5 Å². The molecule has 1 aliphatic heterocycles. The summed E-state index contributed by atoms with van der Waals surface area (Å²) in [5, 5.41) is 21.0. The summed E-state index contributed by atoms with van der Waals surface area (Å²) in [7, 11) is 3.78. The van der Waals surface area contributed by atoms with Gasteiger partial charge in [-0.25, -0.2) is 0 Å². The van der Waals surface area contributed by atoms with Crippen LogP contribution < -0.4 is 37.2 Å². The van der Waals surface area contributed by atoms with Gasteiger partial charge in [-0.3, -0.25) is 47.9 Å². The van der Waals surface area contributed by atoms with Crippen molar-refractivity contribution in [2.24, 2.45) is 5.92 Å². The van der Waals surface area contributed by atoms with Crippen LogP contribution in [0.4, 0.5) is 0 Å². The first-order valence-corrected chi connectivity index (χ1v) is 28.5. The molecule has 3 atom stereocenters. The first-order chi connectivity index (χ1) is 35.9. The van der Waals surface area contributed by atoms with Crippen molar-refractivity contribution >= 4 is 70.4 Å². The maximum absolute atomic E-state index is 14.2. The number of hydrogen-bond acceptors (Lipinski definition) is 12. The molecule has 21 nitrogen and oxygen atoms in total. The Morgan fingerprint density at radius 3 is 1.92 bits per heavy atom. The maximum atomic E-state index is 14.2. The number of rotatable bonds is 33. The van der Waals surface area contributed by atoms with Crippen molar-refractivity contribution in [2.45, 2.75) is 207 Å². The van der Waals surface area contributed by atoms with E-state index in [0.717, 1.165) is 32.1 Å². The Morgan fingerprint density at radius 1 is 0.714 bits per heavy atom. The minimum absolute atomic E-state index is 0.0413. The lowest BCUT2D eigenvalue weighted by Gasteiger charge is -2.41. The summed E-state index contributed by atoms with van der Waals surface area (Å²) in [4.78, 5) is 143.